The Labute approximate surface area is 138 Å². The molecule has 2 aromatic rings. The summed E-state index contributed by atoms with van der Waals surface area (Å²) in [6, 6.07) is 21.3. The number of carbonyl (C=O) groups excluding carboxylic acids is 1. The highest BCUT2D eigenvalue weighted by Gasteiger charge is 2.24. The van der Waals surface area contributed by atoms with E-state index in [0.717, 1.165) is 26.2 Å². The molecule has 1 heterocycles. The lowest BCUT2D eigenvalue weighted by molar-refractivity contribution is -0.119. The van der Waals surface area contributed by atoms with Crippen LogP contribution in [0.2, 0.25) is 0 Å². The van der Waals surface area contributed by atoms with E-state index >= 15 is 0 Å². The van der Waals surface area contributed by atoms with Crippen molar-refractivity contribution in [3.05, 3.63) is 71.8 Å². The highest BCUT2D eigenvalue weighted by Crippen LogP contribution is 2.17. The highest BCUT2D eigenvalue weighted by atomic mass is 16.1. The van der Waals surface area contributed by atoms with E-state index in [1.807, 2.05) is 12.1 Å². The minimum absolute atomic E-state index is 0.255. The minimum Gasteiger partial charge on any atom is -0.315 e. The second-order valence-corrected chi connectivity index (χ2v) is 6.23. The predicted octanol–water partition coefficient (Wildman–Crippen LogP) is 3.01. The zero-order chi connectivity index (χ0) is 15.9. The Bertz CT molecular complexity index is 571. The summed E-state index contributed by atoms with van der Waals surface area (Å²) in [6.45, 7) is 3.43. The Morgan fingerprint density at radius 1 is 0.913 bits per heavy atom. The molecule has 3 nitrogen and oxygen atoms in total. The van der Waals surface area contributed by atoms with Gasteiger partial charge in [-0.25, -0.2) is 0 Å². The first-order valence-electron chi connectivity index (χ1n) is 8.35. The van der Waals surface area contributed by atoms with Crippen LogP contribution in [0.3, 0.4) is 0 Å². The molecule has 1 fully saturated rings. The maximum absolute atomic E-state index is 12.0. The summed E-state index contributed by atoms with van der Waals surface area (Å²) in [6.07, 6.45) is 1.30. The van der Waals surface area contributed by atoms with Crippen LogP contribution >= 0.6 is 0 Å². The Morgan fingerprint density at radius 3 is 2.04 bits per heavy atom. The fraction of sp³-hybridized carbons (Fsp3) is 0.350. The summed E-state index contributed by atoms with van der Waals surface area (Å²) in [7, 11) is 0. The van der Waals surface area contributed by atoms with E-state index in [1.165, 1.54) is 11.1 Å². The molecule has 3 heteroatoms. The van der Waals surface area contributed by atoms with Gasteiger partial charge in [0.15, 0.2) is 0 Å². The van der Waals surface area contributed by atoms with Crippen molar-refractivity contribution in [2.45, 2.75) is 32.0 Å². The lowest BCUT2D eigenvalue weighted by Gasteiger charge is -2.31. The molecule has 0 radical (unpaired) electrons. The Kier molecular flexibility index (Phi) is 5.56. The van der Waals surface area contributed by atoms with Crippen molar-refractivity contribution in [2.24, 2.45) is 0 Å². The maximum atomic E-state index is 12.0. The third kappa shape index (κ3) is 4.75. The molecule has 1 N–H and O–H groups in total. The fourth-order valence-corrected chi connectivity index (χ4v) is 3.14. The topological polar surface area (TPSA) is 32.3 Å². The number of Topliss-reactive ketones (excluding diaryl/α,β-unsaturated/α-hetero) is 1. The molecule has 1 unspecified atom stereocenters. The molecule has 0 amide bonds. The van der Waals surface area contributed by atoms with Gasteiger partial charge in [-0.15, -0.1) is 0 Å². The van der Waals surface area contributed by atoms with E-state index in [2.05, 4.69) is 58.7 Å². The van der Waals surface area contributed by atoms with Crippen LogP contribution in [0.4, 0.5) is 0 Å². The van der Waals surface area contributed by atoms with Gasteiger partial charge in [0.1, 0.15) is 5.78 Å². The van der Waals surface area contributed by atoms with E-state index in [-0.39, 0.29) is 6.04 Å². The van der Waals surface area contributed by atoms with Gasteiger partial charge in [-0.05, 0) is 11.1 Å². The molecule has 0 aliphatic carbocycles. The number of benzene rings is 2. The number of hydrogen-bond donors (Lipinski definition) is 1. The molecule has 23 heavy (non-hydrogen) atoms. The van der Waals surface area contributed by atoms with Crippen LogP contribution < -0.4 is 5.32 Å². The van der Waals surface area contributed by atoms with Crippen molar-refractivity contribution < 1.29 is 4.79 Å². The van der Waals surface area contributed by atoms with E-state index in [9.17, 15) is 4.79 Å². The van der Waals surface area contributed by atoms with Crippen molar-refractivity contribution in [2.75, 3.05) is 13.1 Å². The van der Waals surface area contributed by atoms with Crippen LogP contribution in [-0.2, 0) is 17.9 Å². The first kappa shape index (κ1) is 15.9. The number of rotatable bonds is 5. The first-order chi connectivity index (χ1) is 11.3. The van der Waals surface area contributed by atoms with Crippen LogP contribution in [0.25, 0.3) is 0 Å². The van der Waals surface area contributed by atoms with Gasteiger partial charge in [-0.1, -0.05) is 60.7 Å². The van der Waals surface area contributed by atoms with Crippen molar-refractivity contribution in [1.29, 1.82) is 0 Å². The monoisotopic (exact) mass is 308 g/mol. The van der Waals surface area contributed by atoms with E-state index in [1.54, 1.807) is 0 Å². The summed E-state index contributed by atoms with van der Waals surface area (Å²) in [4.78, 5) is 14.5. The van der Waals surface area contributed by atoms with Crippen molar-refractivity contribution in [3.8, 4) is 0 Å². The van der Waals surface area contributed by atoms with Gasteiger partial charge >= 0.3 is 0 Å². The molecule has 1 aliphatic rings. The second kappa shape index (κ2) is 8.04. The van der Waals surface area contributed by atoms with E-state index in [0.29, 0.717) is 18.6 Å². The summed E-state index contributed by atoms with van der Waals surface area (Å²) >= 11 is 0. The van der Waals surface area contributed by atoms with Crippen LogP contribution in [0, 0.1) is 0 Å². The van der Waals surface area contributed by atoms with Crippen LogP contribution in [0.5, 0.6) is 0 Å². The molecular weight excluding hydrogens is 284 g/mol. The number of nitrogens with one attached hydrogen (secondary N) is 1. The third-order valence-corrected chi connectivity index (χ3v) is 4.40. The molecule has 1 saturated heterocycles. The smallest absolute Gasteiger partial charge is 0.135 e. The number of hydrogen-bond acceptors (Lipinski definition) is 3. The first-order valence-corrected chi connectivity index (χ1v) is 8.35. The molecule has 3 rings (SSSR count). The van der Waals surface area contributed by atoms with Gasteiger partial charge in [0, 0.05) is 45.1 Å². The predicted molar refractivity (Wildman–Crippen MR) is 93.0 cm³/mol. The lowest BCUT2D eigenvalue weighted by Crippen LogP contribution is -2.41. The van der Waals surface area contributed by atoms with Crippen molar-refractivity contribution in [3.63, 3.8) is 0 Å². The standard InChI is InChI=1S/C20H24N2O/c23-20-11-12-21-14-19(13-20)22(15-17-7-3-1-4-8-17)16-18-9-5-2-6-10-18/h1-10,19,21H,11-16H2. The summed E-state index contributed by atoms with van der Waals surface area (Å²) in [5.41, 5.74) is 2.58. The second-order valence-electron chi connectivity index (χ2n) is 6.23. The minimum atomic E-state index is 0.255. The normalized spacial score (nSPS) is 18.8. The SMILES string of the molecule is O=C1CCNCC(N(Cc2ccccc2)Cc2ccccc2)C1. The van der Waals surface area contributed by atoms with Gasteiger partial charge in [-0.2, -0.15) is 0 Å². The maximum Gasteiger partial charge on any atom is 0.135 e. The van der Waals surface area contributed by atoms with Gasteiger partial charge in [0.2, 0.25) is 0 Å². The average molecular weight is 308 g/mol. The molecule has 1 atom stereocenters. The molecule has 0 spiro atoms. The molecular formula is C20H24N2O. The van der Waals surface area contributed by atoms with Gasteiger partial charge in [0.25, 0.3) is 0 Å². The summed E-state index contributed by atoms with van der Waals surface area (Å²) in [5, 5.41) is 3.42. The zero-order valence-electron chi connectivity index (χ0n) is 13.4. The van der Waals surface area contributed by atoms with Gasteiger partial charge in [-0.3, -0.25) is 9.69 Å². The van der Waals surface area contributed by atoms with Crippen molar-refractivity contribution >= 4 is 5.78 Å². The Balaban J connectivity index is 1.78. The van der Waals surface area contributed by atoms with Gasteiger partial charge in [0.05, 0.1) is 0 Å². The quantitative estimate of drug-likeness (QED) is 0.921. The highest BCUT2D eigenvalue weighted by molar-refractivity contribution is 5.79. The zero-order valence-corrected chi connectivity index (χ0v) is 13.4. The molecule has 1 aliphatic heterocycles. The number of nitrogens with zero attached hydrogens (tertiary/aromatic N) is 1. The van der Waals surface area contributed by atoms with Gasteiger partial charge < -0.3 is 5.32 Å². The molecule has 120 valence electrons. The van der Waals surface area contributed by atoms with Crippen LogP contribution in [-0.4, -0.2) is 29.8 Å². The number of carbonyl (C=O) groups is 1. The Hall–Kier alpha value is -1.97. The molecule has 2 aromatic carbocycles. The third-order valence-electron chi connectivity index (χ3n) is 4.40. The van der Waals surface area contributed by atoms with Crippen LogP contribution in [0.1, 0.15) is 24.0 Å². The summed E-state index contributed by atoms with van der Waals surface area (Å²) < 4.78 is 0. The summed E-state index contributed by atoms with van der Waals surface area (Å²) in [5.74, 6) is 0.367. The Morgan fingerprint density at radius 2 is 1.48 bits per heavy atom. The van der Waals surface area contributed by atoms with Crippen molar-refractivity contribution in [1.82, 2.24) is 10.2 Å². The molecule has 0 aromatic heterocycles. The van der Waals surface area contributed by atoms with E-state index in [4.69, 9.17) is 0 Å². The molecule has 0 saturated carbocycles. The molecule has 0 bridgehead atoms. The largest absolute Gasteiger partial charge is 0.315 e. The van der Waals surface area contributed by atoms with Crippen LogP contribution in [0.15, 0.2) is 60.7 Å². The fourth-order valence-electron chi connectivity index (χ4n) is 3.14. The van der Waals surface area contributed by atoms with E-state index < -0.39 is 0 Å². The average Bonchev–Trinajstić information content (AvgIpc) is 2.81. The number of ketones is 1. The lowest BCUT2D eigenvalue weighted by atomic mass is 10.1.